The lowest BCUT2D eigenvalue weighted by Gasteiger charge is -2.30. The number of thiocarbonyl (C=S) groups is 1. The van der Waals surface area contributed by atoms with E-state index in [1.165, 1.54) is 0 Å². The Morgan fingerprint density at radius 1 is 1.25 bits per heavy atom. The van der Waals surface area contributed by atoms with Gasteiger partial charge in [-0.2, -0.15) is 0 Å². The van der Waals surface area contributed by atoms with Crippen LogP contribution >= 0.6 is 12.2 Å². The maximum atomic E-state index is 11.0. The summed E-state index contributed by atoms with van der Waals surface area (Å²) in [5, 5.41) is 0. The molecule has 1 saturated heterocycles. The van der Waals surface area contributed by atoms with Crippen LogP contribution in [0.15, 0.2) is 0 Å². The van der Waals surface area contributed by atoms with E-state index in [1.807, 2.05) is 0 Å². The van der Waals surface area contributed by atoms with Gasteiger partial charge >= 0.3 is 0 Å². The number of amides is 1. The van der Waals surface area contributed by atoms with Crippen molar-refractivity contribution in [1.29, 1.82) is 0 Å². The number of primary amides is 1. The zero-order chi connectivity index (χ0) is 12.0. The molecule has 0 aromatic rings. The van der Waals surface area contributed by atoms with Crippen molar-refractivity contribution in [2.45, 2.75) is 32.1 Å². The average Bonchev–Trinajstić information content (AvgIpc) is 2.25. The van der Waals surface area contributed by atoms with Crippen molar-refractivity contribution in [2.24, 2.45) is 17.4 Å². The van der Waals surface area contributed by atoms with E-state index in [9.17, 15) is 4.79 Å². The highest BCUT2D eigenvalue weighted by Gasteiger charge is 2.22. The van der Waals surface area contributed by atoms with E-state index in [4.69, 9.17) is 23.7 Å². The zero-order valence-corrected chi connectivity index (χ0v) is 10.5. The number of likely N-dealkylation sites (tertiary alicyclic amines) is 1. The van der Waals surface area contributed by atoms with Gasteiger partial charge in [-0.15, -0.1) is 0 Å². The van der Waals surface area contributed by atoms with E-state index in [-0.39, 0.29) is 11.8 Å². The summed E-state index contributed by atoms with van der Waals surface area (Å²) in [6.07, 6.45) is 4.84. The van der Waals surface area contributed by atoms with E-state index in [1.54, 1.807) is 0 Å². The summed E-state index contributed by atoms with van der Waals surface area (Å²) >= 11 is 4.82. The summed E-state index contributed by atoms with van der Waals surface area (Å²) in [5.41, 5.74) is 10.7. The normalized spacial score (nSPS) is 18.5. The van der Waals surface area contributed by atoms with Gasteiger partial charge in [-0.05, 0) is 51.7 Å². The summed E-state index contributed by atoms with van der Waals surface area (Å²) in [6, 6.07) is 0. The third-order valence-corrected chi connectivity index (χ3v) is 3.34. The van der Waals surface area contributed by atoms with Gasteiger partial charge in [-0.3, -0.25) is 4.79 Å². The average molecular weight is 243 g/mol. The van der Waals surface area contributed by atoms with Gasteiger partial charge in [0.15, 0.2) is 0 Å². The minimum atomic E-state index is -0.145. The molecule has 16 heavy (non-hydrogen) atoms. The first-order valence-electron chi connectivity index (χ1n) is 5.89. The first-order chi connectivity index (χ1) is 7.59. The summed E-state index contributed by atoms with van der Waals surface area (Å²) in [6.45, 7) is 3.05. The van der Waals surface area contributed by atoms with Crippen LogP contribution in [-0.2, 0) is 4.79 Å². The molecule has 1 aliphatic rings. The van der Waals surface area contributed by atoms with Crippen molar-refractivity contribution in [3.8, 4) is 0 Å². The predicted molar refractivity (Wildman–Crippen MR) is 69.0 cm³/mol. The third kappa shape index (κ3) is 4.90. The summed E-state index contributed by atoms with van der Waals surface area (Å²) in [4.78, 5) is 14.0. The summed E-state index contributed by atoms with van der Waals surface area (Å²) in [5.74, 6) is -0.0546. The highest BCUT2D eigenvalue weighted by molar-refractivity contribution is 7.80. The minimum Gasteiger partial charge on any atom is -0.393 e. The number of unbranched alkanes of at least 4 members (excludes halogenated alkanes) is 1. The fourth-order valence-electron chi connectivity index (χ4n) is 2.08. The van der Waals surface area contributed by atoms with Gasteiger partial charge in [0.2, 0.25) is 5.91 Å². The number of rotatable bonds is 6. The molecule has 1 heterocycles. The topological polar surface area (TPSA) is 72.4 Å². The molecule has 1 fully saturated rings. The Bertz CT molecular complexity index is 250. The quantitative estimate of drug-likeness (QED) is 0.530. The molecule has 0 unspecified atom stereocenters. The second kappa shape index (κ2) is 6.81. The molecule has 0 saturated carbocycles. The SMILES string of the molecule is NC(=O)C1CCN(CCCCC(N)=S)CC1. The van der Waals surface area contributed by atoms with Crippen LogP contribution in [0.2, 0.25) is 0 Å². The van der Waals surface area contributed by atoms with Gasteiger partial charge in [-0.1, -0.05) is 12.2 Å². The van der Waals surface area contributed by atoms with Crippen molar-refractivity contribution in [3.63, 3.8) is 0 Å². The van der Waals surface area contributed by atoms with E-state index in [0.717, 1.165) is 51.7 Å². The molecule has 0 atom stereocenters. The molecule has 1 amide bonds. The molecule has 0 spiro atoms. The summed E-state index contributed by atoms with van der Waals surface area (Å²) < 4.78 is 0. The molecule has 4 N–H and O–H groups in total. The van der Waals surface area contributed by atoms with Crippen molar-refractivity contribution in [1.82, 2.24) is 4.90 Å². The molecule has 1 aliphatic heterocycles. The third-order valence-electron chi connectivity index (χ3n) is 3.14. The Labute approximate surface area is 102 Å². The van der Waals surface area contributed by atoms with Gasteiger partial charge in [0.1, 0.15) is 0 Å². The fourth-order valence-corrected chi connectivity index (χ4v) is 2.22. The lowest BCUT2D eigenvalue weighted by atomic mass is 9.96. The van der Waals surface area contributed by atoms with Gasteiger partial charge in [0.25, 0.3) is 0 Å². The Hall–Kier alpha value is -0.680. The molecular formula is C11H21N3OS. The standard InChI is InChI=1S/C11H21N3OS/c12-10(16)3-1-2-6-14-7-4-9(5-8-14)11(13)15/h9H,1-8H2,(H2,12,16)(H2,13,15). The number of hydrogen-bond acceptors (Lipinski definition) is 3. The molecule has 0 bridgehead atoms. The van der Waals surface area contributed by atoms with Crippen LogP contribution in [0.4, 0.5) is 0 Å². The largest absolute Gasteiger partial charge is 0.393 e. The van der Waals surface area contributed by atoms with Crippen LogP contribution in [0.3, 0.4) is 0 Å². The van der Waals surface area contributed by atoms with Gasteiger partial charge < -0.3 is 16.4 Å². The van der Waals surface area contributed by atoms with Crippen molar-refractivity contribution >= 4 is 23.1 Å². The zero-order valence-electron chi connectivity index (χ0n) is 9.65. The van der Waals surface area contributed by atoms with Crippen LogP contribution < -0.4 is 11.5 Å². The van der Waals surface area contributed by atoms with Gasteiger partial charge in [-0.25, -0.2) is 0 Å². The molecular weight excluding hydrogens is 222 g/mol. The second-order valence-corrected chi connectivity index (χ2v) is 4.97. The second-order valence-electron chi connectivity index (χ2n) is 4.44. The van der Waals surface area contributed by atoms with E-state index < -0.39 is 0 Å². The van der Waals surface area contributed by atoms with Crippen LogP contribution in [0.25, 0.3) is 0 Å². The maximum absolute atomic E-state index is 11.0. The molecule has 0 radical (unpaired) electrons. The molecule has 1 rings (SSSR count). The number of carbonyl (C=O) groups excluding carboxylic acids is 1. The van der Waals surface area contributed by atoms with E-state index >= 15 is 0 Å². The van der Waals surface area contributed by atoms with Crippen molar-refractivity contribution in [3.05, 3.63) is 0 Å². The first-order valence-corrected chi connectivity index (χ1v) is 6.30. The minimum absolute atomic E-state index is 0.0906. The Balaban J connectivity index is 2.08. The Morgan fingerprint density at radius 3 is 2.38 bits per heavy atom. The van der Waals surface area contributed by atoms with Crippen LogP contribution in [-0.4, -0.2) is 35.4 Å². The molecule has 92 valence electrons. The number of nitrogens with zero attached hydrogens (tertiary/aromatic N) is 1. The highest BCUT2D eigenvalue weighted by Crippen LogP contribution is 2.16. The van der Waals surface area contributed by atoms with Crippen molar-refractivity contribution in [2.75, 3.05) is 19.6 Å². The van der Waals surface area contributed by atoms with Crippen LogP contribution in [0.1, 0.15) is 32.1 Å². The highest BCUT2D eigenvalue weighted by atomic mass is 32.1. The Morgan fingerprint density at radius 2 is 1.88 bits per heavy atom. The monoisotopic (exact) mass is 243 g/mol. The molecule has 4 nitrogen and oxygen atoms in total. The smallest absolute Gasteiger partial charge is 0.220 e. The molecule has 0 aromatic carbocycles. The van der Waals surface area contributed by atoms with Crippen molar-refractivity contribution < 1.29 is 4.79 Å². The Kier molecular flexibility index (Phi) is 5.69. The number of carbonyl (C=O) groups is 1. The van der Waals surface area contributed by atoms with E-state index in [0.29, 0.717) is 4.99 Å². The first kappa shape index (κ1) is 13.4. The molecule has 0 aliphatic carbocycles. The van der Waals surface area contributed by atoms with Gasteiger partial charge in [0, 0.05) is 5.92 Å². The summed E-state index contributed by atoms with van der Waals surface area (Å²) in [7, 11) is 0. The molecule has 0 aromatic heterocycles. The number of hydrogen-bond donors (Lipinski definition) is 2. The van der Waals surface area contributed by atoms with E-state index in [2.05, 4.69) is 4.90 Å². The predicted octanol–water partition coefficient (Wildman–Crippen LogP) is 0.640. The number of nitrogens with two attached hydrogens (primary N) is 2. The fraction of sp³-hybridized carbons (Fsp3) is 0.818. The lowest BCUT2D eigenvalue weighted by molar-refractivity contribution is -0.123. The maximum Gasteiger partial charge on any atom is 0.220 e. The van der Waals surface area contributed by atoms with Crippen LogP contribution in [0.5, 0.6) is 0 Å². The number of piperidine rings is 1. The molecule has 5 heteroatoms. The van der Waals surface area contributed by atoms with Crippen LogP contribution in [0, 0.1) is 5.92 Å². The lowest BCUT2D eigenvalue weighted by Crippen LogP contribution is -2.38. The van der Waals surface area contributed by atoms with Gasteiger partial charge in [0.05, 0.1) is 4.99 Å².